The maximum absolute atomic E-state index is 12.0. The molecule has 2 bridgehead atoms. The molecule has 2 rings (SSSR count). The normalized spacial score (nSPS) is 24.7. The predicted octanol–water partition coefficient (Wildman–Crippen LogP) is -5.37. The van der Waals surface area contributed by atoms with Crippen molar-refractivity contribution in [3.05, 3.63) is 11.6 Å². The first-order chi connectivity index (χ1) is 9.24. The van der Waals surface area contributed by atoms with Crippen LogP contribution >= 0.6 is 0 Å². The number of hydroxylamine groups is 2. The van der Waals surface area contributed by atoms with Gasteiger partial charge in [-0.3, -0.25) is 4.79 Å². The Morgan fingerprint density at radius 3 is 2.62 bits per heavy atom. The molecule has 0 unspecified atom stereocenters. The second-order valence-corrected chi connectivity index (χ2v) is 5.35. The predicted molar refractivity (Wildman–Crippen MR) is 63.2 cm³/mol. The molecule has 12 heteroatoms. The molecule has 0 aromatic heterocycles. The molecule has 0 radical (unpaired) electrons. The Hall–Kier alpha value is -0.690. The molecule has 0 aromatic rings. The van der Waals surface area contributed by atoms with Gasteiger partial charge in [0.2, 0.25) is 16.3 Å². The Balaban J connectivity index is 0.00000220. The molecule has 2 aliphatic heterocycles. The molecule has 0 spiro atoms. The topological polar surface area (TPSA) is 159 Å². The molecule has 112 valence electrons. The van der Waals surface area contributed by atoms with Gasteiger partial charge in [0.1, 0.15) is 12.1 Å². The maximum Gasteiger partial charge on any atom is 1.00 e. The van der Waals surface area contributed by atoms with Crippen molar-refractivity contribution in [1.29, 1.82) is 0 Å². The van der Waals surface area contributed by atoms with Crippen molar-refractivity contribution in [1.82, 2.24) is 9.96 Å². The molecular weight excluding hydrogens is 315 g/mol. The first kappa shape index (κ1) is 18.4. The van der Waals surface area contributed by atoms with E-state index < -0.39 is 34.4 Å². The molecule has 2 atom stereocenters. The summed E-state index contributed by atoms with van der Waals surface area (Å²) in [4.78, 5) is 24.4. The molecule has 1 saturated heterocycles. The maximum atomic E-state index is 12.0. The Labute approximate surface area is 143 Å². The molecule has 2 heterocycles. The van der Waals surface area contributed by atoms with Crippen LogP contribution in [0.1, 0.15) is 6.42 Å². The number of rotatable bonds is 5. The molecule has 3 amide bonds. The molecular formula is C9H13N4NaO6S. The molecule has 4 N–H and O–H groups in total. The number of urea groups is 1. The third-order valence-electron chi connectivity index (χ3n) is 3.12. The van der Waals surface area contributed by atoms with Crippen molar-refractivity contribution in [2.75, 3.05) is 13.1 Å². The first-order valence-corrected chi connectivity index (χ1v) is 7.03. The third-order valence-corrected chi connectivity index (χ3v) is 3.46. The van der Waals surface area contributed by atoms with Gasteiger partial charge in [-0.2, -0.15) is 9.35 Å². The van der Waals surface area contributed by atoms with Gasteiger partial charge in [-0.05, 0) is 18.5 Å². The minimum Gasteiger partial charge on any atom is -0.724 e. The molecule has 21 heavy (non-hydrogen) atoms. The summed E-state index contributed by atoms with van der Waals surface area (Å²) in [6, 6.07) is -2.69. The van der Waals surface area contributed by atoms with Crippen LogP contribution in [0.5, 0.6) is 0 Å². The number of hydrogen-bond donors (Lipinski definition) is 2. The second kappa shape index (κ2) is 6.60. The zero-order valence-electron chi connectivity index (χ0n) is 11.3. The number of carbonyl (C=O) groups is 2. The van der Waals surface area contributed by atoms with Crippen molar-refractivity contribution in [2.45, 2.75) is 18.5 Å². The van der Waals surface area contributed by atoms with Crippen molar-refractivity contribution >= 4 is 22.3 Å². The van der Waals surface area contributed by atoms with Crippen molar-refractivity contribution in [3.8, 4) is 0 Å². The zero-order valence-corrected chi connectivity index (χ0v) is 14.1. The Morgan fingerprint density at radius 2 is 2.14 bits per heavy atom. The van der Waals surface area contributed by atoms with Gasteiger partial charge >= 0.3 is 35.6 Å². The summed E-state index contributed by atoms with van der Waals surface area (Å²) >= 11 is 0. The molecule has 0 saturated carbocycles. The Morgan fingerprint density at radius 1 is 1.52 bits per heavy atom. The molecule has 2 aliphatic rings. The molecule has 1 fully saturated rings. The van der Waals surface area contributed by atoms with Gasteiger partial charge in [0.25, 0.3) is 0 Å². The van der Waals surface area contributed by atoms with Crippen LogP contribution in [0.4, 0.5) is 4.79 Å². The zero-order chi connectivity index (χ0) is 15.1. The van der Waals surface area contributed by atoms with E-state index in [0.29, 0.717) is 17.1 Å². The molecule has 0 aliphatic carbocycles. The van der Waals surface area contributed by atoms with Gasteiger partial charge < -0.3 is 20.9 Å². The van der Waals surface area contributed by atoms with Crippen LogP contribution < -0.4 is 41.0 Å². The van der Waals surface area contributed by atoms with E-state index in [9.17, 15) is 22.6 Å². The van der Waals surface area contributed by atoms with E-state index in [0.717, 1.165) is 4.90 Å². The summed E-state index contributed by atoms with van der Waals surface area (Å²) in [5, 5.41) is 0.451. The summed E-state index contributed by atoms with van der Waals surface area (Å²) in [5.41, 5.74) is 11.2. The summed E-state index contributed by atoms with van der Waals surface area (Å²) in [6.45, 7) is 0.230. The monoisotopic (exact) mass is 328 g/mol. The molecule has 10 nitrogen and oxygen atoms in total. The number of nitrogens with zero attached hydrogens (tertiary/aromatic N) is 2. The van der Waals surface area contributed by atoms with Gasteiger partial charge in [0.15, 0.2) is 0 Å². The number of carbonyl (C=O) groups excluding carboxylic acids is 2. The van der Waals surface area contributed by atoms with Crippen LogP contribution in [0.2, 0.25) is 0 Å². The van der Waals surface area contributed by atoms with Gasteiger partial charge in [0, 0.05) is 0 Å². The van der Waals surface area contributed by atoms with E-state index in [1.807, 2.05) is 0 Å². The standard InChI is InChI=1S/C9H14N4O6S.Na/c10-2-1-5-3-6(8(11)14)12-4-7(5)13(9(12)15)19-20(16,17)18;/h3,6-7H,1-2,4,10H2,(H2,11,14)(H,16,17,18);/q;+1/p-1/t6-,7+;/m0./s1. The third kappa shape index (κ3) is 3.74. The van der Waals surface area contributed by atoms with E-state index in [1.165, 1.54) is 6.08 Å². The van der Waals surface area contributed by atoms with E-state index in [4.69, 9.17) is 11.5 Å². The van der Waals surface area contributed by atoms with E-state index in [2.05, 4.69) is 4.28 Å². The van der Waals surface area contributed by atoms with Crippen LogP contribution in [0.25, 0.3) is 0 Å². The van der Waals surface area contributed by atoms with Crippen LogP contribution in [-0.2, 0) is 19.5 Å². The van der Waals surface area contributed by atoms with Gasteiger partial charge in [-0.25, -0.2) is 13.2 Å². The number of amides is 3. The number of hydrogen-bond acceptors (Lipinski definition) is 7. The summed E-state index contributed by atoms with van der Waals surface area (Å²) in [6.07, 6.45) is 1.76. The minimum atomic E-state index is -5.10. The van der Waals surface area contributed by atoms with Gasteiger partial charge in [-0.1, -0.05) is 6.08 Å². The summed E-state index contributed by atoms with van der Waals surface area (Å²) in [7, 11) is -5.10. The fourth-order valence-electron chi connectivity index (χ4n) is 2.34. The van der Waals surface area contributed by atoms with Crippen LogP contribution in [0.3, 0.4) is 0 Å². The van der Waals surface area contributed by atoms with Gasteiger partial charge in [0.05, 0.1) is 6.54 Å². The van der Waals surface area contributed by atoms with Crippen LogP contribution in [0.15, 0.2) is 11.6 Å². The van der Waals surface area contributed by atoms with Crippen molar-refractivity contribution < 1.29 is 56.4 Å². The second-order valence-electron chi connectivity index (χ2n) is 4.39. The quantitative estimate of drug-likeness (QED) is 0.220. The first-order valence-electron chi connectivity index (χ1n) is 5.70. The number of primary amides is 1. The average Bonchev–Trinajstić information content (AvgIpc) is 2.57. The Bertz CT molecular complexity index is 579. The van der Waals surface area contributed by atoms with E-state index in [-0.39, 0.29) is 42.6 Å². The SMILES string of the molecule is NCCC1=C[C@@H](C(N)=O)N2C[C@H]1N(OS(=O)(=O)[O-])C2=O.[Na+]. The number of nitrogens with two attached hydrogens (primary N) is 2. The summed E-state index contributed by atoms with van der Waals surface area (Å²) < 4.78 is 36.2. The minimum absolute atomic E-state index is 0. The van der Waals surface area contributed by atoms with E-state index in [1.54, 1.807) is 0 Å². The van der Waals surface area contributed by atoms with Crippen molar-refractivity contribution in [2.24, 2.45) is 11.5 Å². The smallest absolute Gasteiger partial charge is 0.724 e. The fraction of sp³-hybridized carbons (Fsp3) is 0.556. The largest absolute Gasteiger partial charge is 1.00 e. The summed E-state index contributed by atoms with van der Waals surface area (Å²) in [5.74, 6) is -0.766. The number of fused-ring (bicyclic) bond motifs is 2. The molecule has 0 aromatic carbocycles. The Kier molecular flexibility index (Phi) is 5.77. The van der Waals surface area contributed by atoms with E-state index >= 15 is 0 Å². The van der Waals surface area contributed by atoms with Gasteiger partial charge in [-0.15, -0.1) is 0 Å². The fourth-order valence-corrected chi connectivity index (χ4v) is 2.70. The van der Waals surface area contributed by atoms with Crippen LogP contribution in [-0.4, -0.2) is 60.0 Å². The van der Waals surface area contributed by atoms with Crippen molar-refractivity contribution in [3.63, 3.8) is 0 Å². The average molecular weight is 328 g/mol. The van der Waals surface area contributed by atoms with Crippen LogP contribution in [0, 0.1) is 0 Å².